The van der Waals surface area contributed by atoms with E-state index in [9.17, 15) is 0 Å². The van der Waals surface area contributed by atoms with E-state index in [1.807, 2.05) is 0 Å². The van der Waals surface area contributed by atoms with Gasteiger partial charge in [0, 0.05) is 11.1 Å². The SMILES string of the molecule is CN(C)CCCCCC[N+](C)(C)CCC1CC(C)(C)NC(C)(C)C1. The van der Waals surface area contributed by atoms with Gasteiger partial charge in [0.15, 0.2) is 0 Å². The Morgan fingerprint density at radius 1 is 0.875 bits per heavy atom. The van der Waals surface area contributed by atoms with Crippen LogP contribution in [0.2, 0.25) is 0 Å². The molecule has 144 valence electrons. The van der Waals surface area contributed by atoms with Crippen molar-refractivity contribution in [2.24, 2.45) is 5.92 Å². The molecule has 1 heterocycles. The Labute approximate surface area is 152 Å². The van der Waals surface area contributed by atoms with Crippen LogP contribution >= 0.6 is 0 Å². The van der Waals surface area contributed by atoms with E-state index in [2.05, 4.69) is 66.1 Å². The van der Waals surface area contributed by atoms with Gasteiger partial charge < -0.3 is 14.7 Å². The molecule has 1 aliphatic rings. The summed E-state index contributed by atoms with van der Waals surface area (Å²) < 4.78 is 1.19. The lowest BCUT2D eigenvalue weighted by Gasteiger charge is -2.47. The molecule has 1 rings (SSSR count). The molecule has 0 unspecified atom stereocenters. The van der Waals surface area contributed by atoms with Crippen molar-refractivity contribution in [3.8, 4) is 0 Å². The molecule has 0 aromatic carbocycles. The monoisotopic (exact) mass is 340 g/mol. The Hall–Kier alpha value is -0.120. The number of hydrogen-bond acceptors (Lipinski definition) is 2. The summed E-state index contributed by atoms with van der Waals surface area (Å²) >= 11 is 0. The van der Waals surface area contributed by atoms with Crippen molar-refractivity contribution >= 4 is 0 Å². The smallest absolute Gasteiger partial charge is 0.0785 e. The summed E-state index contributed by atoms with van der Waals surface area (Å²) in [6.45, 7) is 13.4. The molecule has 0 atom stereocenters. The summed E-state index contributed by atoms with van der Waals surface area (Å²) in [6.07, 6.45) is 9.52. The minimum absolute atomic E-state index is 0.288. The molecule has 0 amide bonds. The highest BCUT2D eigenvalue weighted by Crippen LogP contribution is 2.34. The largest absolute Gasteiger partial charge is 0.328 e. The molecule has 1 saturated heterocycles. The predicted molar refractivity (Wildman–Crippen MR) is 107 cm³/mol. The lowest BCUT2D eigenvalue weighted by molar-refractivity contribution is -0.891. The fraction of sp³-hybridized carbons (Fsp3) is 1.00. The molecule has 3 heteroatoms. The first-order chi connectivity index (χ1) is 10.9. The lowest BCUT2D eigenvalue weighted by Crippen LogP contribution is -2.58. The topological polar surface area (TPSA) is 15.3 Å². The minimum atomic E-state index is 0.288. The zero-order valence-electron chi connectivity index (χ0n) is 18.0. The van der Waals surface area contributed by atoms with Crippen molar-refractivity contribution in [1.82, 2.24) is 10.2 Å². The Balaban J connectivity index is 2.26. The average Bonchev–Trinajstić information content (AvgIpc) is 2.37. The van der Waals surface area contributed by atoms with Crippen molar-refractivity contribution < 1.29 is 4.48 Å². The summed E-state index contributed by atoms with van der Waals surface area (Å²) in [5, 5.41) is 3.81. The van der Waals surface area contributed by atoms with Crippen molar-refractivity contribution in [3.05, 3.63) is 0 Å². The molecular weight excluding hydrogens is 294 g/mol. The first kappa shape index (κ1) is 21.9. The third kappa shape index (κ3) is 9.39. The number of nitrogens with one attached hydrogen (secondary N) is 1. The molecule has 3 nitrogen and oxygen atoms in total. The summed E-state index contributed by atoms with van der Waals surface area (Å²) in [6, 6.07) is 0. The maximum atomic E-state index is 3.81. The summed E-state index contributed by atoms with van der Waals surface area (Å²) in [5.74, 6) is 0.869. The molecule has 1 fully saturated rings. The van der Waals surface area contributed by atoms with Crippen LogP contribution in [0.1, 0.15) is 72.6 Å². The number of piperidine rings is 1. The highest BCUT2D eigenvalue weighted by atomic mass is 15.3. The van der Waals surface area contributed by atoms with E-state index in [0.29, 0.717) is 0 Å². The highest BCUT2D eigenvalue weighted by Gasteiger charge is 2.37. The number of unbranched alkanes of at least 4 members (excludes halogenated alkanes) is 3. The second-order valence-corrected chi connectivity index (χ2v) is 10.6. The zero-order chi connectivity index (χ0) is 18.4. The van der Waals surface area contributed by atoms with Crippen molar-refractivity contribution in [2.45, 2.75) is 83.7 Å². The number of hydrogen-bond donors (Lipinski definition) is 1. The first-order valence-electron chi connectivity index (χ1n) is 10.2. The fourth-order valence-electron chi connectivity index (χ4n) is 4.70. The van der Waals surface area contributed by atoms with Crippen LogP contribution in [0.5, 0.6) is 0 Å². The molecule has 0 aromatic heterocycles. The third-order valence-corrected chi connectivity index (χ3v) is 5.54. The van der Waals surface area contributed by atoms with E-state index in [-0.39, 0.29) is 11.1 Å². The molecule has 0 aliphatic carbocycles. The summed E-state index contributed by atoms with van der Waals surface area (Å²) in [5.41, 5.74) is 0.575. The second-order valence-electron chi connectivity index (χ2n) is 10.6. The molecule has 0 bridgehead atoms. The van der Waals surface area contributed by atoms with E-state index in [1.165, 1.54) is 69.1 Å². The number of rotatable bonds is 10. The number of quaternary nitrogens is 1. The molecule has 0 radical (unpaired) electrons. The maximum Gasteiger partial charge on any atom is 0.0785 e. The molecule has 1 N–H and O–H groups in total. The van der Waals surface area contributed by atoms with E-state index >= 15 is 0 Å². The fourth-order valence-corrected chi connectivity index (χ4v) is 4.70. The predicted octanol–water partition coefficient (Wildman–Crippen LogP) is 4.13. The second kappa shape index (κ2) is 9.00. The van der Waals surface area contributed by atoms with Gasteiger partial charge in [-0.1, -0.05) is 6.42 Å². The van der Waals surface area contributed by atoms with E-state index in [4.69, 9.17) is 0 Å². The molecule has 24 heavy (non-hydrogen) atoms. The van der Waals surface area contributed by atoms with E-state index in [0.717, 1.165) is 5.92 Å². The Morgan fingerprint density at radius 2 is 1.42 bits per heavy atom. The maximum absolute atomic E-state index is 3.81. The molecule has 0 aromatic rings. The van der Waals surface area contributed by atoms with E-state index < -0.39 is 0 Å². The van der Waals surface area contributed by atoms with Gasteiger partial charge in [0.1, 0.15) is 0 Å². The van der Waals surface area contributed by atoms with Crippen LogP contribution in [-0.2, 0) is 0 Å². The van der Waals surface area contributed by atoms with Gasteiger partial charge in [0.05, 0.1) is 27.2 Å². The Morgan fingerprint density at radius 3 is 1.96 bits per heavy atom. The third-order valence-electron chi connectivity index (χ3n) is 5.54. The van der Waals surface area contributed by atoms with Gasteiger partial charge in [0.25, 0.3) is 0 Å². The van der Waals surface area contributed by atoms with Gasteiger partial charge in [-0.3, -0.25) is 0 Å². The molecule has 0 saturated carbocycles. The van der Waals surface area contributed by atoms with Crippen LogP contribution in [0.15, 0.2) is 0 Å². The standard InChI is InChI=1S/C21H46N3/c1-20(2)17-19(18-21(3,4)22-20)13-16-24(7,8)15-12-10-9-11-14-23(5)6/h19,22H,9-18H2,1-8H3/q+1. The Bertz CT molecular complexity index is 342. The van der Waals surface area contributed by atoms with E-state index in [1.54, 1.807) is 0 Å². The van der Waals surface area contributed by atoms with Crippen molar-refractivity contribution in [1.29, 1.82) is 0 Å². The minimum Gasteiger partial charge on any atom is -0.328 e. The summed E-state index contributed by atoms with van der Waals surface area (Å²) in [4.78, 5) is 2.29. The van der Waals surface area contributed by atoms with Gasteiger partial charge in [-0.25, -0.2) is 0 Å². The lowest BCUT2D eigenvalue weighted by atomic mass is 9.74. The quantitative estimate of drug-likeness (QED) is 0.475. The van der Waals surface area contributed by atoms with Crippen LogP contribution < -0.4 is 5.32 Å². The van der Waals surface area contributed by atoms with Crippen molar-refractivity contribution in [3.63, 3.8) is 0 Å². The van der Waals surface area contributed by atoms with Crippen LogP contribution in [0.4, 0.5) is 0 Å². The molecule has 0 spiro atoms. The van der Waals surface area contributed by atoms with Gasteiger partial charge in [-0.2, -0.15) is 0 Å². The first-order valence-corrected chi connectivity index (χ1v) is 10.2. The normalized spacial score (nSPS) is 21.4. The molecule has 1 aliphatic heterocycles. The number of nitrogens with zero attached hydrogens (tertiary/aromatic N) is 2. The molecular formula is C21H46N3+. The van der Waals surface area contributed by atoms with Gasteiger partial charge >= 0.3 is 0 Å². The van der Waals surface area contributed by atoms with Crippen LogP contribution in [0, 0.1) is 5.92 Å². The van der Waals surface area contributed by atoms with Crippen LogP contribution in [-0.4, -0.2) is 68.3 Å². The van der Waals surface area contributed by atoms with Crippen molar-refractivity contribution in [2.75, 3.05) is 47.8 Å². The van der Waals surface area contributed by atoms with Gasteiger partial charge in [-0.05, 0) is 92.8 Å². The highest BCUT2D eigenvalue weighted by molar-refractivity contribution is 4.96. The average molecular weight is 341 g/mol. The van der Waals surface area contributed by atoms with Crippen LogP contribution in [0.3, 0.4) is 0 Å². The van der Waals surface area contributed by atoms with Gasteiger partial charge in [0.2, 0.25) is 0 Å². The van der Waals surface area contributed by atoms with Crippen LogP contribution in [0.25, 0.3) is 0 Å². The zero-order valence-corrected chi connectivity index (χ0v) is 18.0. The summed E-state index contributed by atoms with van der Waals surface area (Å²) in [7, 11) is 9.20. The Kier molecular flexibility index (Phi) is 8.22. The van der Waals surface area contributed by atoms with Gasteiger partial charge in [-0.15, -0.1) is 0 Å².